The molecular formula is C18H21N3O2S. The molecule has 6 heteroatoms. The average molecular weight is 343 g/mol. The van der Waals surface area contributed by atoms with Gasteiger partial charge in [0.1, 0.15) is 5.01 Å². The van der Waals surface area contributed by atoms with E-state index in [2.05, 4.69) is 24.0 Å². The van der Waals surface area contributed by atoms with Gasteiger partial charge in [-0.3, -0.25) is 9.59 Å². The molecule has 126 valence electrons. The van der Waals surface area contributed by atoms with Crippen LogP contribution in [0.1, 0.15) is 18.2 Å². The maximum atomic E-state index is 12.4. The number of rotatable bonds is 3. The number of amides is 2. The quantitative estimate of drug-likeness (QED) is 0.860. The van der Waals surface area contributed by atoms with Crippen LogP contribution in [0.15, 0.2) is 29.6 Å². The number of nitrogens with zero attached hydrogens (tertiary/aromatic N) is 3. The zero-order valence-electron chi connectivity index (χ0n) is 14.0. The minimum Gasteiger partial charge on any atom is -0.339 e. The molecule has 0 spiro atoms. The first-order valence-electron chi connectivity index (χ1n) is 8.07. The van der Waals surface area contributed by atoms with Gasteiger partial charge in [-0.2, -0.15) is 0 Å². The number of benzene rings is 1. The average Bonchev–Trinajstić information content (AvgIpc) is 3.03. The summed E-state index contributed by atoms with van der Waals surface area (Å²) in [4.78, 5) is 32.0. The lowest BCUT2D eigenvalue weighted by Crippen LogP contribution is -2.50. The molecule has 1 saturated heterocycles. The first-order chi connectivity index (χ1) is 11.5. The Morgan fingerprint density at radius 2 is 1.88 bits per heavy atom. The van der Waals surface area contributed by atoms with Crippen LogP contribution < -0.4 is 0 Å². The standard InChI is InChI=1S/C18H21N3O2S/c1-13-4-3-5-15(10-13)18-19-16(12-24-18)11-17(23)21-8-6-20(7-9-21)14(2)22/h3-5,10,12H,6-9,11H2,1-2H3. The third-order valence-corrected chi connectivity index (χ3v) is 5.17. The molecule has 0 unspecified atom stereocenters. The van der Waals surface area contributed by atoms with Crippen molar-refractivity contribution in [2.75, 3.05) is 26.2 Å². The van der Waals surface area contributed by atoms with Crippen LogP contribution in [0.2, 0.25) is 0 Å². The number of hydrogen-bond donors (Lipinski definition) is 0. The van der Waals surface area contributed by atoms with Crippen LogP contribution in [-0.4, -0.2) is 52.8 Å². The molecule has 3 rings (SSSR count). The van der Waals surface area contributed by atoms with E-state index < -0.39 is 0 Å². The number of aryl methyl sites for hydroxylation is 1. The van der Waals surface area contributed by atoms with Gasteiger partial charge in [0.05, 0.1) is 12.1 Å². The SMILES string of the molecule is CC(=O)N1CCN(C(=O)Cc2csc(-c3cccc(C)c3)n2)CC1. The fraction of sp³-hybridized carbons (Fsp3) is 0.389. The summed E-state index contributed by atoms with van der Waals surface area (Å²) in [6.07, 6.45) is 0.322. The molecule has 0 N–H and O–H groups in total. The normalized spacial score (nSPS) is 14.8. The zero-order valence-corrected chi connectivity index (χ0v) is 14.8. The van der Waals surface area contributed by atoms with E-state index in [1.807, 2.05) is 22.4 Å². The first kappa shape index (κ1) is 16.6. The Morgan fingerprint density at radius 1 is 1.17 bits per heavy atom. The Balaban J connectivity index is 1.61. The molecule has 0 bridgehead atoms. The molecule has 0 aliphatic carbocycles. The van der Waals surface area contributed by atoms with Crippen molar-refractivity contribution >= 4 is 23.2 Å². The molecule has 2 aromatic rings. The number of aromatic nitrogens is 1. The Labute approximate surface area is 145 Å². The fourth-order valence-electron chi connectivity index (χ4n) is 2.84. The van der Waals surface area contributed by atoms with E-state index in [4.69, 9.17) is 0 Å². The predicted molar refractivity (Wildman–Crippen MR) is 94.8 cm³/mol. The van der Waals surface area contributed by atoms with Crippen LogP contribution in [0.5, 0.6) is 0 Å². The van der Waals surface area contributed by atoms with Crippen molar-refractivity contribution in [1.82, 2.24) is 14.8 Å². The van der Waals surface area contributed by atoms with Gasteiger partial charge in [-0.15, -0.1) is 11.3 Å². The van der Waals surface area contributed by atoms with Crippen molar-refractivity contribution in [1.29, 1.82) is 0 Å². The van der Waals surface area contributed by atoms with Crippen LogP contribution in [0.25, 0.3) is 10.6 Å². The van der Waals surface area contributed by atoms with Crippen molar-refractivity contribution in [2.24, 2.45) is 0 Å². The Hall–Kier alpha value is -2.21. The second-order valence-electron chi connectivity index (χ2n) is 6.08. The van der Waals surface area contributed by atoms with Crippen molar-refractivity contribution < 1.29 is 9.59 Å². The van der Waals surface area contributed by atoms with E-state index in [-0.39, 0.29) is 11.8 Å². The van der Waals surface area contributed by atoms with Gasteiger partial charge in [0.15, 0.2) is 0 Å². The lowest BCUT2D eigenvalue weighted by atomic mass is 10.1. The number of thiazole rings is 1. The van der Waals surface area contributed by atoms with Crippen LogP contribution in [0.3, 0.4) is 0 Å². The Morgan fingerprint density at radius 3 is 2.54 bits per heavy atom. The summed E-state index contributed by atoms with van der Waals surface area (Å²) in [5, 5.41) is 2.91. The Bertz CT molecular complexity index is 748. The molecule has 0 atom stereocenters. The Kier molecular flexibility index (Phi) is 4.94. The molecule has 1 aromatic heterocycles. The summed E-state index contributed by atoms with van der Waals surface area (Å²) >= 11 is 1.57. The third kappa shape index (κ3) is 3.82. The molecule has 5 nitrogen and oxygen atoms in total. The van der Waals surface area contributed by atoms with Crippen LogP contribution in [-0.2, 0) is 16.0 Å². The second kappa shape index (κ2) is 7.13. The van der Waals surface area contributed by atoms with Gasteiger partial charge in [0, 0.05) is 44.0 Å². The summed E-state index contributed by atoms with van der Waals surface area (Å²) in [7, 11) is 0. The van der Waals surface area contributed by atoms with Crippen molar-refractivity contribution in [3.63, 3.8) is 0 Å². The van der Waals surface area contributed by atoms with Gasteiger partial charge in [-0.05, 0) is 13.0 Å². The summed E-state index contributed by atoms with van der Waals surface area (Å²) in [5.74, 6) is 0.156. The van der Waals surface area contributed by atoms with E-state index in [0.717, 1.165) is 16.3 Å². The molecule has 1 aromatic carbocycles. The highest BCUT2D eigenvalue weighted by molar-refractivity contribution is 7.13. The smallest absolute Gasteiger partial charge is 0.228 e. The molecule has 0 saturated carbocycles. The molecule has 24 heavy (non-hydrogen) atoms. The van der Waals surface area contributed by atoms with E-state index >= 15 is 0 Å². The van der Waals surface area contributed by atoms with Gasteiger partial charge >= 0.3 is 0 Å². The van der Waals surface area contributed by atoms with Crippen molar-refractivity contribution in [3.8, 4) is 10.6 Å². The van der Waals surface area contributed by atoms with E-state index in [1.165, 1.54) is 5.56 Å². The van der Waals surface area contributed by atoms with E-state index in [9.17, 15) is 9.59 Å². The number of carbonyl (C=O) groups excluding carboxylic acids is 2. The maximum absolute atomic E-state index is 12.4. The van der Waals surface area contributed by atoms with E-state index in [1.54, 1.807) is 23.2 Å². The highest BCUT2D eigenvalue weighted by Gasteiger charge is 2.22. The van der Waals surface area contributed by atoms with Crippen molar-refractivity contribution in [2.45, 2.75) is 20.3 Å². The highest BCUT2D eigenvalue weighted by atomic mass is 32.1. The van der Waals surface area contributed by atoms with Gasteiger partial charge in [-0.1, -0.05) is 23.8 Å². The minimum absolute atomic E-state index is 0.0735. The van der Waals surface area contributed by atoms with Crippen molar-refractivity contribution in [3.05, 3.63) is 40.9 Å². The fourth-order valence-corrected chi connectivity index (χ4v) is 3.65. The largest absolute Gasteiger partial charge is 0.339 e. The van der Waals surface area contributed by atoms with Gasteiger partial charge in [-0.25, -0.2) is 4.98 Å². The molecule has 2 amide bonds. The highest BCUT2D eigenvalue weighted by Crippen LogP contribution is 2.24. The number of hydrogen-bond acceptors (Lipinski definition) is 4. The molecule has 1 aliphatic rings. The second-order valence-corrected chi connectivity index (χ2v) is 6.94. The summed E-state index contributed by atoms with van der Waals surface area (Å²) in [5.41, 5.74) is 3.10. The van der Waals surface area contributed by atoms with Gasteiger partial charge in [0.25, 0.3) is 0 Å². The zero-order chi connectivity index (χ0) is 17.1. The maximum Gasteiger partial charge on any atom is 0.228 e. The first-order valence-corrected chi connectivity index (χ1v) is 8.95. The summed E-state index contributed by atoms with van der Waals surface area (Å²) in [6.45, 7) is 6.07. The molecule has 2 heterocycles. The van der Waals surface area contributed by atoms with E-state index in [0.29, 0.717) is 32.6 Å². The number of carbonyl (C=O) groups is 2. The summed E-state index contributed by atoms with van der Waals surface area (Å²) < 4.78 is 0. The molecular weight excluding hydrogens is 322 g/mol. The topological polar surface area (TPSA) is 53.5 Å². The van der Waals surface area contributed by atoms with Crippen LogP contribution >= 0.6 is 11.3 Å². The third-order valence-electron chi connectivity index (χ3n) is 4.23. The lowest BCUT2D eigenvalue weighted by molar-refractivity contribution is -0.138. The molecule has 0 radical (unpaired) electrons. The lowest BCUT2D eigenvalue weighted by Gasteiger charge is -2.34. The summed E-state index contributed by atoms with van der Waals surface area (Å²) in [6, 6.07) is 8.22. The van der Waals surface area contributed by atoms with Crippen LogP contribution in [0, 0.1) is 6.92 Å². The number of piperazine rings is 1. The van der Waals surface area contributed by atoms with Gasteiger partial charge in [0.2, 0.25) is 11.8 Å². The minimum atomic E-state index is 0.0735. The predicted octanol–water partition coefficient (Wildman–Crippen LogP) is 2.35. The van der Waals surface area contributed by atoms with Crippen LogP contribution in [0.4, 0.5) is 0 Å². The molecule has 1 aliphatic heterocycles. The molecule has 1 fully saturated rings. The van der Waals surface area contributed by atoms with Gasteiger partial charge < -0.3 is 9.80 Å². The monoisotopic (exact) mass is 343 g/mol.